The van der Waals surface area contributed by atoms with E-state index in [-0.39, 0.29) is 29.0 Å². The summed E-state index contributed by atoms with van der Waals surface area (Å²) in [5.74, 6) is -6.84. The number of methoxy groups -OCH3 is 1. The molecule has 2 saturated heterocycles. The van der Waals surface area contributed by atoms with Crippen molar-refractivity contribution in [2.24, 2.45) is 5.92 Å². The van der Waals surface area contributed by atoms with E-state index in [4.69, 9.17) is 9.47 Å². The van der Waals surface area contributed by atoms with Gasteiger partial charge in [0, 0.05) is 48.4 Å². The summed E-state index contributed by atoms with van der Waals surface area (Å²) >= 11 is 0. The number of hydrogen-bond donors (Lipinski definition) is 1. The van der Waals surface area contributed by atoms with Crippen molar-refractivity contribution in [1.82, 2.24) is 9.88 Å². The van der Waals surface area contributed by atoms with Crippen molar-refractivity contribution in [3.63, 3.8) is 0 Å². The van der Waals surface area contributed by atoms with E-state index in [9.17, 15) is 31.5 Å². The summed E-state index contributed by atoms with van der Waals surface area (Å²) in [5.41, 5.74) is -2.75. The number of ether oxygens (including phenoxy) is 2. The van der Waals surface area contributed by atoms with Gasteiger partial charge in [-0.1, -0.05) is 13.0 Å². The molecular formula is C26H29F5N4O4. The van der Waals surface area contributed by atoms with Crippen LogP contribution in [0.3, 0.4) is 0 Å². The van der Waals surface area contributed by atoms with E-state index >= 15 is 0 Å². The van der Waals surface area contributed by atoms with Gasteiger partial charge in [0.05, 0.1) is 13.2 Å². The minimum absolute atomic E-state index is 0.135. The molecule has 13 heteroatoms. The fourth-order valence-corrected chi connectivity index (χ4v) is 5.10. The summed E-state index contributed by atoms with van der Waals surface area (Å²) in [6, 6.07) is 4.32. The number of amides is 2. The van der Waals surface area contributed by atoms with Crippen molar-refractivity contribution in [3.8, 4) is 5.75 Å². The molecule has 212 valence electrons. The van der Waals surface area contributed by atoms with E-state index in [1.54, 1.807) is 6.92 Å². The molecule has 2 aromatic rings. The molecule has 8 nitrogen and oxygen atoms in total. The number of nitrogens with one attached hydrogen (secondary N) is 1. The highest BCUT2D eigenvalue weighted by molar-refractivity contribution is 5.99. The SMILES string of the molecule is COc1c([C@H]2[C@H](C(=O)Nc3ccnc(N4CCN(C)[C@@H](C)C4=O)c3)O[C@@](C)(C(F)(F)F)[C@H]2C)ccc(F)c1F. The van der Waals surface area contributed by atoms with Gasteiger partial charge in [-0.05, 0) is 33.0 Å². The number of carbonyl (C=O) groups is 2. The van der Waals surface area contributed by atoms with Crippen molar-refractivity contribution in [2.45, 2.75) is 50.6 Å². The van der Waals surface area contributed by atoms with Crippen molar-refractivity contribution < 1.29 is 41.0 Å². The number of anilines is 2. The number of piperazine rings is 1. The summed E-state index contributed by atoms with van der Waals surface area (Å²) in [7, 11) is 2.87. The van der Waals surface area contributed by atoms with Gasteiger partial charge in [-0.25, -0.2) is 9.37 Å². The number of benzene rings is 1. The molecule has 1 aromatic carbocycles. The molecule has 0 unspecified atom stereocenters. The van der Waals surface area contributed by atoms with E-state index < -0.39 is 53.0 Å². The molecule has 2 amide bonds. The Morgan fingerprint density at radius 1 is 1.21 bits per heavy atom. The van der Waals surface area contributed by atoms with Gasteiger partial charge in [-0.2, -0.15) is 17.6 Å². The van der Waals surface area contributed by atoms with Crippen LogP contribution in [-0.2, 0) is 14.3 Å². The van der Waals surface area contributed by atoms with Gasteiger partial charge < -0.3 is 14.8 Å². The largest absolute Gasteiger partial charge is 0.493 e. The van der Waals surface area contributed by atoms with Gasteiger partial charge in [0.1, 0.15) is 11.9 Å². The number of alkyl halides is 3. The molecule has 1 N–H and O–H groups in total. The molecule has 0 bridgehead atoms. The Balaban J connectivity index is 1.68. The molecule has 2 aliphatic rings. The van der Waals surface area contributed by atoms with E-state index in [1.165, 1.54) is 30.2 Å². The zero-order chi connectivity index (χ0) is 28.9. The number of likely N-dealkylation sites (N-methyl/N-ethyl adjacent to an activating group) is 1. The van der Waals surface area contributed by atoms with Crippen molar-refractivity contribution in [1.29, 1.82) is 0 Å². The first-order valence-electron chi connectivity index (χ1n) is 12.3. The Bertz CT molecular complexity index is 1280. The predicted molar refractivity (Wildman–Crippen MR) is 131 cm³/mol. The predicted octanol–water partition coefficient (Wildman–Crippen LogP) is 4.11. The van der Waals surface area contributed by atoms with Gasteiger partial charge in [0.25, 0.3) is 5.91 Å². The van der Waals surface area contributed by atoms with Gasteiger partial charge in [0.15, 0.2) is 17.2 Å². The summed E-state index contributed by atoms with van der Waals surface area (Å²) in [6.45, 7) is 4.75. The van der Waals surface area contributed by atoms with Crippen LogP contribution in [0, 0.1) is 17.6 Å². The van der Waals surface area contributed by atoms with Gasteiger partial charge >= 0.3 is 6.18 Å². The highest BCUT2D eigenvalue weighted by Crippen LogP contribution is 2.55. The lowest BCUT2D eigenvalue weighted by atomic mass is 9.77. The molecule has 4 rings (SSSR count). The third-order valence-electron chi connectivity index (χ3n) is 7.82. The summed E-state index contributed by atoms with van der Waals surface area (Å²) in [4.78, 5) is 33.7. The van der Waals surface area contributed by atoms with Crippen molar-refractivity contribution >= 4 is 23.3 Å². The lowest BCUT2D eigenvalue weighted by molar-refractivity contribution is -0.272. The van der Waals surface area contributed by atoms with Crippen LogP contribution in [0.25, 0.3) is 0 Å². The highest BCUT2D eigenvalue weighted by atomic mass is 19.4. The number of pyridine rings is 1. The first-order chi connectivity index (χ1) is 18.2. The van der Waals surface area contributed by atoms with Crippen LogP contribution < -0.4 is 15.0 Å². The molecule has 2 aliphatic heterocycles. The average molecular weight is 557 g/mol. The second kappa shape index (κ2) is 10.3. The minimum atomic E-state index is -4.88. The molecule has 0 radical (unpaired) electrons. The third-order valence-corrected chi connectivity index (χ3v) is 7.82. The molecule has 2 fully saturated rings. The molecule has 0 saturated carbocycles. The number of halogens is 5. The monoisotopic (exact) mass is 556 g/mol. The number of nitrogens with zero attached hydrogens (tertiary/aromatic N) is 3. The van der Waals surface area contributed by atoms with E-state index in [2.05, 4.69) is 10.3 Å². The zero-order valence-electron chi connectivity index (χ0n) is 22.0. The van der Waals surface area contributed by atoms with Gasteiger partial charge in [-0.15, -0.1) is 0 Å². The van der Waals surface area contributed by atoms with Crippen LogP contribution in [0.1, 0.15) is 32.3 Å². The number of hydrogen-bond acceptors (Lipinski definition) is 6. The first-order valence-corrected chi connectivity index (χ1v) is 12.3. The Hall–Kier alpha value is -3.32. The molecular weight excluding hydrogens is 527 g/mol. The molecule has 0 spiro atoms. The molecule has 5 atom stereocenters. The maximum Gasteiger partial charge on any atom is 0.417 e. The third kappa shape index (κ3) is 4.93. The van der Waals surface area contributed by atoms with Crippen LogP contribution in [0.2, 0.25) is 0 Å². The molecule has 3 heterocycles. The van der Waals surface area contributed by atoms with Gasteiger partial charge in [-0.3, -0.25) is 19.4 Å². The second-order valence-electron chi connectivity index (χ2n) is 9.98. The lowest BCUT2D eigenvalue weighted by Crippen LogP contribution is -2.54. The van der Waals surface area contributed by atoms with E-state index in [1.807, 2.05) is 11.9 Å². The maximum absolute atomic E-state index is 14.5. The molecule has 39 heavy (non-hydrogen) atoms. The smallest absolute Gasteiger partial charge is 0.417 e. The quantitative estimate of drug-likeness (QED) is 0.559. The average Bonchev–Trinajstić information content (AvgIpc) is 3.16. The van der Waals surface area contributed by atoms with Crippen LogP contribution in [0.15, 0.2) is 30.5 Å². The van der Waals surface area contributed by atoms with Crippen LogP contribution in [0.4, 0.5) is 33.5 Å². The van der Waals surface area contributed by atoms with Crippen molar-refractivity contribution in [3.05, 3.63) is 47.7 Å². The topological polar surface area (TPSA) is 84.0 Å². The Morgan fingerprint density at radius 2 is 1.90 bits per heavy atom. The fraction of sp³-hybridized carbons (Fsp3) is 0.500. The van der Waals surface area contributed by atoms with Crippen LogP contribution >= 0.6 is 0 Å². The van der Waals surface area contributed by atoms with E-state index in [0.29, 0.717) is 13.1 Å². The lowest BCUT2D eigenvalue weighted by Gasteiger charge is -2.36. The van der Waals surface area contributed by atoms with Crippen molar-refractivity contribution in [2.75, 3.05) is 37.5 Å². The minimum Gasteiger partial charge on any atom is -0.493 e. The summed E-state index contributed by atoms with van der Waals surface area (Å²) in [5, 5.41) is 2.54. The Kier molecular flexibility index (Phi) is 7.60. The highest BCUT2D eigenvalue weighted by Gasteiger charge is 2.66. The van der Waals surface area contributed by atoms with Crippen LogP contribution in [-0.4, -0.2) is 72.9 Å². The molecule has 1 aromatic heterocycles. The Labute approximate surface area is 222 Å². The first kappa shape index (κ1) is 28.7. The number of carbonyl (C=O) groups excluding carboxylic acids is 2. The fourth-order valence-electron chi connectivity index (χ4n) is 5.10. The van der Waals surface area contributed by atoms with E-state index in [0.717, 1.165) is 26.2 Å². The number of rotatable bonds is 5. The molecule has 0 aliphatic carbocycles. The number of aromatic nitrogens is 1. The zero-order valence-corrected chi connectivity index (χ0v) is 22.0. The summed E-state index contributed by atoms with van der Waals surface area (Å²) in [6.07, 6.45) is -5.27. The Morgan fingerprint density at radius 3 is 2.54 bits per heavy atom. The standard InChI is InChI=1S/C26H29F5N4O4/c1-13-19(16-6-7-17(27)20(28)21(16)38-5)22(39-25(13,3)26(29,30)31)23(36)33-15-8-9-32-18(12-15)35-11-10-34(4)14(2)24(35)37/h6-9,12-14,19,22H,10-11H2,1-5H3,(H,32,33,36)/t13-,14-,19-,22+,25+/m0/s1. The van der Waals surface area contributed by atoms with Crippen LogP contribution in [0.5, 0.6) is 5.75 Å². The summed E-state index contributed by atoms with van der Waals surface area (Å²) < 4.78 is 81.3. The van der Waals surface area contributed by atoms with Gasteiger partial charge in [0.2, 0.25) is 11.7 Å². The maximum atomic E-state index is 14.5. The second-order valence-corrected chi connectivity index (χ2v) is 9.98. The normalized spacial score (nSPS) is 28.1.